The number of furan rings is 1. The van der Waals surface area contributed by atoms with Crippen LogP contribution in [0.4, 0.5) is 5.69 Å². The van der Waals surface area contributed by atoms with E-state index in [0.29, 0.717) is 23.4 Å². The summed E-state index contributed by atoms with van der Waals surface area (Å²) in [5.74, 6) is 0.476. The molecule has 7 nitrogen and oxygen atoms in total. The molecule has 4 rings (SSSR count). The molecule has 154 valence electrons. The van der Waals surface area contributed by atoms with E-state index in [1.54, 1.807) is 30.5 Å². The van der Waals surface area contributed by atoms with E-state index < -0.39 is 11.3 Å². The Morgan fingerprint density at radius 3 is 2.60 bits per heavy atom. The molecule has 0 saturated heterocycles. The maximum atomic E-state index is 13.2. The van der Waals surface area contributed by atoms with Gasteiger partial charge < -0.3 is 4.42 Å². The van der Waals surface area contributed by atoms with Crippen LogP contribution in [0.3, 0.4) is 0 Å². The number of carbonyl (C=O) groups excluding carboxylic acids is 1. The van der Waals surface area contributed by atoms with Crippen molar-refractivity contribution in [3.63, 3.8) is 0 Å². The van der Waals surface area contributed by atoms with Crippen LogP contribution in [0.15, 0.2) is 76.4 Å². The van der Waals surface area contributed by atoms with Gasteiger partial charge in [-0.05, 0) is 48.9 Å². The first-order valence-electron chi connectivity index (χ1n) is 9.40. The van der Waals surface area contributed by atoms with Crippen molar-refractivity contribution < 1.29 is 18.0 Å². The summed E-state index contributed by atoms with van der Waals surface area (Å²) >= 11 is -2.09. The van der Waals surface area contributed by atoms with Crippen LogP contribution < -0.4 is 4.31 Å². The zero-order valence-corrected chi connectivity index (χ0v) is 17.4. The molecule has 30 heavy (non-hydrogen) atoms. The van der Waals surface area contributed by atoms with Gasteiger partial charge >= 0.3 is 0 Å². The molecule has 1 N–H and O–H groups in total. The Hall–Kier alpha value is -3.23. The maximum absolute atomic E-state index is 13.2. The van der Waals surface area contributed by atoms with Crippen molar-refractivity contribution in [3.8, 4) is 0 Å². The highest BCUT2D eigenvalue weighted by Gasteiger charge is 2.35. The van der Waals surface area contributed by atoms with Crippen molar-refractivity contribution >= 4 is 28.6 Å². The van der Waals surface area contributed by atoms with Crippen LogP contribution in [0.25, 0.3) is 0 Å². The topological polar surface area (TPSA) is 86.4 Å². The number of nitrogens with zero attached hydrogens (tertiary/aromatic N) is 3. The quantitative estimate of drug-likeness (QED) is 0.625. The SMILES string of the molecule is Cc1cccc(C(=O)N2N=C(c3ccc(N(C)S(=O)O)cc3)CC2c2ccco2)c1. The second-order valence-electron chi connectivity index (χ2n) is 7.08. The molecule has 2 heterocycles. The van der Waals surface area contributed by atoms with Gasteiger partial charge in [-0.3, -0.25) is 13.7 Å². The molecule has 0 fully saturated rings. The molecule has 0 saturated carbocycles. The van der Waals surface area contributed by atoms with E-state index in [4.69, 9.17) is 4.42 Å². The Morgan fingerprint density at radius 1 is 1.20 bits per heavy atom. The van der Waals surface area contributed by atoms with E-state index in [9.17, 15) is 13.6 Å². The fourth-order valence-electron chi connectivity index (χ4n) is 3.44. The normalized spacial score (nSPS) is 17.0. The standard InChI is InChI=1S/C22H21N3O4S/c1-15-5-3-6-17(13-15)22(26)25-20(21-7-4-12-29-21)14-19(23-25)16-8-10-18(11-9-16)24(2)30(27)28/h3-13,20H,14H2,1-2H3,(H,27,28). The largest absolute Gasteiger partial charge is 0.467 e. The van der Waals surface area contributed by atoms with Crippen LogP contribution in [0, 0.1) is 6.92 Å². The number of hydrogen-bond donors (Lipinski definition) is 1. The molecule has 1 aliphatic rings. The first-order chi connectivity index (χ1) is 14.4. The first-order valence-corrected chi connectivity index (χ1v) is 10.5. The lowest BCUT2D eigenvalue weighted by atomic mass is 10.0. The third kappa shape index (κ3) is 3.92. The average molecular weight is 423 g/mol. The maximum Gasteiger partial charge on any atom is 0.274 e. The van der Waals surface area contributed by atoms with E-state index in [1.165, 1.54) is 16.4 Å². The third-order valence-corrected chi connectivity index (χ3v) is 5.73. The molecule has 8 heteroatoms. The molecule has 3 aromatic rings. The van der Waals surface area contributed by atoms with E-state index in [1.807, 2.05) is 43.3 Å². The highest BCUT2D eigenvalue weighted by molar-refractivity contribution is 7.80. The average Bonchev–Trinajstić information content (AvgIpc) is 3.42. The molecular formula is C22H21N3O4S. The van der Waals surface area contributed by atoms with E-state index >= 15 is 0 Å². The van der Waals surface area contributed by atoms with Crippen LogP contribution in [0.1, 0.15) is 39.7 Å². The van der Waals surface area contributed by atoms with Crippen LogP contribution in [0.2, 0.25) is 0 Å². The van der Waals surface area contributed by atoms with Gasteiger partial charge in [0.2, 0.25) is 0 Å². The van der Waals surface area contributed by atoms with Gasteiger partial charge in [0.25, 0.3) is 17.2 Å². The fourth-order valence-corrected chi connectivity index (χ4v) is 3.74. The molecular weight excluding hydrogens is 402 g/mol. The summed E-state index contributed by atoms with van der Waals surface area (Å²) < 4.78 is 27.3. The highest BCUT2D eigenvalue weighted by atomic mass is 32.2. The summed E-state index contributed by atoms with van der Waals surface area (Å²) in [6.45, 7) is 1.94. The zero-order valence-electron chi connectivity index (χ0n) is 16.6. The Morgan fingerprint density at radius 2 is 1.97 bits per heavy atom. The lowest BCUT2D eigenvalue weighted by Gasteiger charge is -2.20. The van der Waals surface area contributed by atoms with Crippen molar-refractivity contribution in [2.24, 2.45) is 5.10 Å². The van der Waals surface area contributed by atoms with Crippen LogP contribution in [0.5, 0.6) is 0 Å². The van der Waals surface area contributed by atoms with Crippen molar-refractivity contribution in [1.29, 1.82) is 0 Å². The van der Waals surface area contributed by atoms with E-state index in [0.717, 1.165) is 16.8 Å². The summed E-state index contributed by atoms with van der Waals surface area (Å²) in [6, 6.07) is 17.9. The third-order valence-electron chi connectivity index (χ3n) is 5.05. The van der Waals surface area contributed by atoms with Gasteiger partial charge in [0.15, 0.2) is 0 Å². The Kier molecular flexibility index (Phi) is 5.52. The summed E-state index contributed by atoms with van der Waals surface area (Å²) in [5.41, 5.74) is 3.76. The lowest BCUT2D eigenvalue weighted by Crippen LogP contribution is -2.26. The lowest BCUT2D eigenvalue weighted by molar-refractivity contribution is 0.0692. The molecule has 1 aliphatic heterocycles. The van der Waals surface area contributed by atoms with E-state index in [-0.39, 0.29) is 11.9 Å². The second-order valence-corrected chi connectivity index (χ2v) is 8.09. The van der Waals surface area contributed by atoms with Crippen molar-refractivity contribution in [3.05, 3.63) is 89.4 Å². The summed E-state index contributed by atoms with van der Waals surface area (Å²) in [6.07, 6.45) is 2.09. The minimum absolute atomic E-state index is 0.192. The monoisotopic (exact) mass is 423 g/mol. The molecule has 0 bridgehead atoms. The van der Waals surface area contributed by atoms with Crippen molar-refractivity contribution in [2.75, 3.05) is 11.4 Å². The molecule has 1 aromatic heterocycles. The number of anilines is 1. The molecule has 0 spiro atoms. The summed E-state index contributed by atoms with van der Waals surface area (Å²) in [5, 5.41) is 6.11. The van der Waals surface area contributed by atoms with Crippen molar-refractivity contribution in [1.82, 2.24) is 5.01 Å². The minimum Gasteiger partial charge on any atom is -0.467 e. The minimum atomic E-state index is -2.09. The number of amides is 1. The van der Waals surface area contributed by atoms with Crippen LogP contribution in [-0.4, -0.2) is 32.4 Å². The molecule has 0 radical (unpaired) electrons. The van der Waals surface area contributed by atoms with Gasteiger partial charge in [0.1, 0.15) is 11.8 Å². The first kappa shape index (κ1) is 20.1. The molecule has 1 amide bonds. The molecule has 0 aliphatic carbocycles. The van der Waals surface area contributed by atoms with Gasteiger partial charge in [-0.1, -0.05) is 29.8 Å². The van der Waals surface area contributed by atoms with Crippen LogP contribution in [-0.2, 0) is 11.3 Å². The van der Waals surface area contributed by atoms with E-state index in [2.05, 4.69) is 5.10 Å². The zero-order chi connectivity index (χ0) is 21.3. The second kappa shape index (κ2) is 8.25. The summed E-state index contributed by atoms with van der Waals surface area (Å²) in [7, 11) is 1.54. The Labute approximate surface area is 177 Å². The highest BCUT2D eigenvalue weighted by Crippen LogP contribution is 2.34. The molecule has 2 atom stereocenters. The number of carbonyl (C=O) groups is 1. The number of aryl methyl sites for hydroxylation is 1. The fraction of sp³-hybridized carbons (Fsp3) is 0.182. The molecule has 2 unspecified atom stereocenters. The van der Waals surface area contributed by atoms with Gasteiger partial charge in [-0.25, -0.2) is 9.22 Å². The summed E-state index contributed by atoms with van der Waals surface area (Å²) in [4.78, 5) is 13.2. The van der Waals surface area contributed by atoms with Crippen molar-refractivity contribution in [2.45, 2.75) is 19.4 Å². The number of rotatable bonds is 5. The van der Waals surface area contributed by atoms with Gasteiger partial charge in [0, 0.05) is 19.0 Å². The molecule has 2 aromatic carbocycles. The smallest absolute Gasteiger partial charge is 0.274 e. The Balaban J connectivity index is 1.66. The number of hydrogen-bond acceptors (Lipinski definition) is 4. The van der Waals surface area contributed by atoms with Gasteiger partial charge in [0.05, 0.1) is 17.7 Å². The predicted octanol–water partition coefficient (Wildman–Crippen LogP) is 4.15. The predicted molar refractivity (Wildman–Crippen MR) is 116 cm³/mol. The number of benzene rings is 2. The van der Waals surface area contributed by atoms with Gasteiger partial charge in [-0.2, -0.15) is 5.10 Å². The number of hydrazone groups is 1. The van der Waals surface area contributed by atoms with Gasteiger partial charge in [-0.15, -0.1) is 0 Å². The van der Waals surface area contributed by atoms with Crippen LogP contribution >= 0.6 is 0 Å². The Bertz CT molecular complexity index is 1110.